The predicted molar refractivity (Wildman–Crippen MR) is 41.9 cm³/mol. The van der Waals surface area contributed by atoms with Gasteiger partial charge in [-0.2, -0.15) is 0 Å². The van der Waals surface area contributed by atoms with Crippen LogP contribution in [0.2, 0.25) is 0 Å². The molecule has 0 nitrogen and oxygen atoms in total. The number of hydrogen-bond acceptors (Lipinski definition) is 0. The van der Waals surface area contributed by atoms with Crippen molar-refractivity contribution in [3.63, 3.8) is 0 Å². The van der Waals surface area contributed by atoms with Crippen LogP contribution in [0.25, 0.3) is 0 Å². The summed E-state index contributed by atoms with van der Waals surface area (Å²) in [5.74, 6) is 4.61. The third kappa shape index (κ3) is 8.15. The van der Waals surface area contributed by atoms with Gasteiger partial charge < -0.3 is 24.7 Å². The van der Waals surface area contributed by atoms with Gasteiger partial charge in [-0.15, -0.1) is 0 Å². The fourth-order valence-corrected chi connectivity index (χ4v) is 0.629. The van der Waals surface area contributed by atoms with Gasteiger partial charge in [-0.25, -0.2) is 0 Å². The second kappa shape index (κ2) is 11.1. The monoisotopic (exact) mass is 144 g/mol. The molecule has 0 aromatic heterocycles. The van der Waals surface area contributed by atoms with E-state index >= 15 is 0 Å². The molecule has 0 aliphatic carbocycles. The largest absolute Gasteiger partial charge is 1.00 e. The molecule has 0 aliphatic rings. The summed E-state index contributed by atoms with van der Waals surface area (Å²) in [5, 5.41) is 0. The minimum Gasteiger partial charge on any atom is -0.693 e. The van der Waals surface area contributed by atoms with Gasteiger partial charge in [0.2, 0.25) is 0 Å². The van der Waals surface area contributed by atoms with E-state index in [1.54, 1.807) is 0 Å². The maximum atomic E-state index is 6.73. The summed E-state index contributed by atoms with van der Waals surface area (Å²) in [6, 6.07) is 0. The Morgan fingerprint density at radius 2 is 1.33 bits per heavy atom. The molecule has 0 fully saturated rings. The quantitative estimate of drug-likeness (QED) is 0.162. The van der Waals surface area contributed by atoms with Crippen LogP contribution in [0.15, 0.2) is 11.1 Å². The van der Waals surface area contributed by atoms with Crippen molar-refractivity contribution in [2.45, 2.75) is 26.7 Å². The van der Waals surface area contributed by atoms with E-state index in [-0.39, 0.29) is 37.7 Å². The molecule has 0 atom stereocenters. The van der Waals surface area contributed by atoms with Crippen molar-refractivity contribution in [1.82, 2.24) is 0 Å². The van der Waals surface area contributed by atoms with Gasteiger partial charge in [-0.3, -0.25) is 0 Å². The molecule has 0 saturated heterocycles. The Balaban J connectivity index is -0.000000405. The molecule has 0 rings (SSSR count). The molecule has 0 radical (unpaired) electrons. The van der Waals surface area contributed by atoms with E-state index in [0.717, 1.165) is 5.57 Å². The van der Waals surface area contributed by atoms with Crippen molar-refractivity contribution in [1.29, 1.82) is 0 Å². The first kappa shape index (κ1) is 18.0. The predicted octanol–water partition coefficient (Wildman–Crippen LogP) is -3.71. The average Bonchev–Trinajstić information content (AvgIpc) is 1.87. The maximum absolute atomic E-state index is 6.73. The summed E-state index contributed by atoms with van der Waals surface area (Å²) < 4.78 is 0. The molecule has 12 heavy (non-hydrogen) atoms. The van der Waals surface area contributed by atoms with Gasteiger partial charge in [-0.05, 0) is 26.7 Å². The van der Waals surface area contributed by atoms with Crippen LogP contribution >= 0.6 is 0 Å². The second-order valence-electron chi connectivity index (χ2n) is 2.31. The van der Waals surface area contributed by atoms with Gasteiger partial charge in [0.25, 0.3) is 0 Å². The molecule has 2 heteroatoms. The third-order valence-corrected chi connectivity index (χ3v) is 1.31. The van der Waals surface area contributed by atoms with Gasteiger partial charge in [0.15, 0.2) is 0 Å². The summed E-state index contributed by atoms with van der Waals surface area (Å²) in [6.07, 6.45) is 14.5. The van der Waals surface area contributed by atoms with Crippen LogP contribution in [0, 0.1) is 24.7 Å². The van der Waals surface area contributed by atoms with Crippen molar-refractivity contribution in [3.8, 4) is 11.8 Å². The summed E-state index contributed by atoms with van der Waals surface area (Å²) in [5.41, 5.74) is 2.24. The Morgan fingerprint density at radius 1 is 1.00 bits per heavy atom. The average molecular weight is 144 g/mol. The molecule has 0 unspecified atom stereocenters. The third-order valence-electron chi connectivity index (χ3n) is 1.31. The van der Waals surface area contributed by atoms with E-state index in [0.29, 0.717) is 12.8 Å². The minimum atomic E-state index is 0. The smallest absolute Gasteiger partial charge is 0.693 e. The molecule has 0 aromatic rings. The summed E-state index contributed by atoms with van der Waals surface area (Å²) in [7, 11) is 0. The fourth-order valence-electron chi connectivity index (χ4n) is 0.629. The molecule has 0 aliphatic heterocycles. The summed E-state index contributed by atoms with van der Waals surface area (Å²) in [6.45, 7) is 3.95. The van der Waals surface area contributed by atoms with Crippen LogP contribution in [0.5, 0.6) is 0 Å². The van der Waals surface area contributed by atoms with E-state index in [1.807, 2.05) is 13.8 Å². The van der Waals surface area contributed by atoms with Crippen molar-refractivity contribution < 1.29 is 37.7 Å². The van der Waals surface area contributed by atoms with E-state index in [2.05, 4.69) is 11.8 Å². The zero-order valence-corrected chi connectivity index (χ0v) is 8.41. The van der Waals surface area contributed by atoms with Crippen LogP contribution < -0.4 is 37.7 Å². The topological polar surface area (TPSA) is 0 Å². The molecule has 52 valence electrons. The Hall–Kier alpha value is 0.0548. The number of allylic oxidation sites excluding steroid dienone is 2. The van der Waals surface area contributed by atoms with Crippen molar-refractivity contribution in [2.24, 2.45) is 0 Å². The summed E-state index contributed by atoms with van der Waals surface area (Å²) >= 11 is 0. The Morgan fingerprint density at radius 3 is 1.50 bits per heavy atom. The Labute approximate surface area is 99.9 Å². The fraction of sp³-hybridized carbons (Fsp3) is 0.400. The van der Waals surface area contributed by atoms with Gasteiger partial charge >= 0.3 is 37.7 Å². The first-order chi connectivity index (χ1) is 4.72. The van der Waals surface area contributed by atoms with Crippen LogP contribution in [0.1, 0.15) is 26.7 Å². The number of rotatable bonds is 2. The van der Waals surface area contributed by atoms with E-state index in [1.165, 1.54) is 5.57 Å². The van der Waals surface area contributed by atoms with Crippen LogP contribution in [-0.4, -0.2) is 0 Å². The number of hydrogen-bond donors (Lipinski definition) is 0. The van der Waals surface area contributed by atoms with Gasteiger partial charge in [0, 0.05) is 0 Å². The zero-order chi connectivity index (χ0) is 7.98. The molecule has 0 N–H and O–H groups in total. The molecule has 0 bridgehead atoms. The Bertz CT molecular complexity index is 191. The molecular formula is C10H10Li2. The Kier molecular flexibility index (Phi) is 16.6. The van der Waals surface area contributed by atoms with Gasteiger partial charge in [0.1, 0.15) is 0 Å². The zero-order valence-electron chi connectivity index (χ0n) is 8.41. The van der Waals surface area contributed by atoms with Gasteiger partial charge in [0.05, 0.1) is 0 Å². The van der Waals surface area contributed by atoms with Crippen LogP contribution in [0.3, 0.4) is 0 Å². The molecule has 0 aromatic carbocycles. The van der Waals surface area contributed by atoms with E-state index in [9.17, 15) is 0 Å². The van der Waals surface area contributed by atoms with E-state index < -0.39 is 0 Å². The van der Waals surface area contributed by atoms with Gasteiger partial charge in [-0.1, -0.05) is 11.1 Å². The van der Waals surface area contributed by atoms with Crippen molar-refractivity contribution in [2.75, 3.05) is 0 Å². The molecule has 0 amide bonds. The molecular weight excluding hydrogens is 134 g/mol. The minimum absolute atomic E-state index is 0. The first-order valence-corrected chi connectivity index (χ1v) is 3.16. The normalized spacial score (nSPS) is 6.33. The second-order valence-corrected chi connectivity index (χ2v) is 2.31. The molecule has 0 saturated carbocycles. The van der Waals surface area contributed by atoms with Crippen molar-refractivity contribution in [3.05, 3.63) is 24.0 Å². The van der Waals surface area contributed by atoms with Crippen molar-refractivity contribution >= 4 is 0 Å². The van der Waals surface area contributed by atoms with Crippen LogP contribution in [0.4, 0.5) is 0 Å². The molecule has 0 heterocycles. The summed E-state index contributed by atoms with van der Waals surface area (Å²) in [4.78, 5) is 0. The first-order valence-electron chi connectivity index (χ1n) is 3.16. The maximum Gasteiger partial charge on any atom is 1.00 e. The standard InChI is InChI=1S/C10H10.2Li/c1-5-7-10(8-6-2)9(3)4;;/h7-8H2,3-4H3;;/q-2;2*+1. The SMILES string of the molecule is [C-]#CCC(CC#[C-])=C(C)C.[Li+].[Li+]. The molecule has 0 spiro atoms. The van der Waals surface area contributed by atoms with Crippen LogP contribution in [-0.2, 0) is 0 Å². The van der Waals surface area contributed by atoms with E-state index in [4.69, 9.17) is 12.8 Å².